The zero-order valence-corrected chi connectivity index (χ0v) is 15.2. The van der Waals surface area contributed by atoms with Crippen LogP contribution in [-0.4, -0.2) is 38.8 Å². The van der Waals surface area contributed by atoms with Crippen molar-refractivity contribution in [1.29, 1.82) is 0 Å². The molecule has 4 heteroatoms. The topological polar surface area (TPSA) is 50.4 Å². The SMILES string of the molecule is CCOCCC1(CNC(=O)CC(C)C2CCCNC2)CCCC1. The summed E-state index contributed by atoms with van der Waals surface area (Å²) in [6, 6.07) is 0. The van der Waals surface area contributed by atoms with Gasteiger partial charge in [0.2, 0.25) is 5.91 Å². The quantitative estimate of drug-likeness (QED) is 0.641. The number of hydrogen-bond donors (Lipinski definition) is 2. The van der Waals surface area contributed by atoms with Crippen LogP contribution >= 0.6 is 0 Å². The highest BCUT2D eigenvalue weighted by molar-refractivity contribution is 5.76. The van der Waals surface area contributed by atoms with Gasteiger partial charge in [-0.2, -0.15) is 0 Å². The summed E-state index contributed by atoms with van der Waals surface area (Å²) in [5, 5.41) is 6.70. The monoisotopic (exact) mass is 324 g/mol. The maximum atomic E-state index is 12.4. The summed E-state index contributed by atoms with van der Waals surface area (Å²) < 4.78 is 5.55. The molecule has 1 aliphatic heterocycles. The number of hydrogen-bond acceptors (Lipinski definition) is 3. The molecule has 2 fully saturated rings. The lowest BCUT2D eigenvalue weighted by molar-refractivity contribution is -0.123. The molecule has 0 aromatic heterocycles. The van der Waals surface area contributed by atoms with E-state index < -0.39 is 0 Å². The molecule has 4 nitrogen and oxygen atoms in total. The first-order valence-corrected chi connectivity index (χ1v) is 9.70. The van der Waals surface area contributed by atoms with E-state index in [1.807, 2.05) is 6.92 Å². The van der Waals surface area contributed by atoms with Gasteiger partial charge in [-0.15, -0.1) is 0 Å². The Bertz CT molecular complexity index is 347. The molecule has 23 heavy (non-hydrogen) atoms. The van der Waals surface area contributed by atoms with Crippen LogP contribution in [0.15, 0.2) is 0 Å². The maximum absolute atomic E-state index is 12.4. The molecule has 1 saturated heterocycles. The second-order valence-electron chi connectivity index (χ2n) is 7.72. The molecule has 2 aliphatic rings. The summed E-state index contributed by atoms with van der Waals surface area (Å²) in [5.41, 5.74) is 0.292. The third-order valence-electron chi connectivity index (χ3n) is 5.95. The van der Waals surface area contributed by atoms with Crippen molar-refractivity contribution < 1.29 is 9.53 Å². The zero-order valence-electron chi connectivity index (χ0n) is 15.2. The number of carbonyl (C=O) groups is 1. The highest BCUT2D eigenvalue weighted by Crippen LogP contribution is 2.40. The van der Waals surface area contributed by atoms with E-state index in [1.54, 1.807) is 0 Å². The fraction of sp³-hybridized carbons (Fsp3) is 0.947. The van der Waals surface area contributed by atoms with Crippen molar-refractivity contribution in [3.8, 4) is 0 Å². The van der Waals surface area contributed by atoms with E-state index in [0.717, 1.165) is 39.3 Å². The van der Waals surface area contributed by atoms with E-state index in [1.165, 1.54) is 38.5 Å². The van der Waals surface area contributed by atoms with Crippen LogP contribution in [-0.2, 0) is 9.53 Å². The summed E-state index contributed by atoms with van der Waals surface area (Å²) in [6.45, 7) is 8.95. The third-order valence-corrected chi connectivity index (χ3v) is 5.95. The lowest BCUT2D eigenvalue weighted by atomic mass is 9.82. The number of rotatable bonds is 9. The Morgan fingerprint density at radius 2 is 2.13 bits per heavy atom. The van der Waals surface area contributed by atoms with Crippen LogP contribution in [0.5, 0.6) is 0 Å². The molecule has 0 radical (unpaired) electrons. The Labute approximate surface area is 142 Å². The molecular formula is C19H36N2O2. The molecule has 1 aliphatic carbocycles. The fourth-order valence-corrected chi connectivity index (χ4v) is 4.26. The smallest absolute Gasteiger partial charge is 0.220 e. The summed E-state index contributed by atoms with van der Waals surface area (Å²) in [4.78, 5) is 12.4. The minimum absolute atomic E-state index is 0.241. The Kier molecular flexibility index (Phi) is 7.84. The molecule has 0 aromatic carbocycles. The van der Waals surface area contributed by atoms with Crippen LogP contribution < -0.4 is 10.6 Å². The molecule has 2 atom stereocenters. The van der Waals surface area contributed by atoms with Crippen molar-refractivity contribution >= 4 is 5.91 Å². The first-order valence-electron chi connectivity index (χ1n) is 9.70. The van der Waals surface area contributed by atoms with E-state index in [-0.39, 0.29) is 5.91 Å². The number of ether oxygens (including phenoxy) is 1. The Morgan fingerprint density at radius 3 is 2.78 bits per heavy atom. The maximum Gasteiger partial charge on any atom is 0.220 e. The van der Waals surface area contributed by atoms with Crippen molar-refractivity contribution in [2.75, 3.05) is 32.8 Å². The van der Waals surface area contributed by atoms with Gasteiger partial charge in [0, 0.05) is 26.2 Å². The average Bonchev–Trinajstić information content (AvgIpc) is 3.03. The van der Waals surface area contributed by atoms with Gasteiger partial charge in [-0.25, -0.2) is 0 Å². The van der Waals surface area contributed by atoms with Crippen molar-refractivity contribution in [2.45, 2.75) is 65.2 Å². The van der Waals surface area contributed by atoms with Gasteiger partial charge in [0.15, 0.2) is 0 Å². The van der Waals surface area contributed by atoms with E-state index >= 15 is 0 Å². The minimum Gasteiger partial charge on any atom is -0.382 e. The van der Waals surface area contributed by atoms with E-state index in [2.05, 4.69) is 17.6 Å². The lowest BCUT2D eigenvalue weighted by Gasteiger charge is -2.31. The molecule has 0 aromatic rings. The number of nitrogens with one attached hydrogen (secondary N) is 2. The Hall–Kier alpha value is -0.610. The van der Waals surface area contributed by atoms with Gasteiger partial charge < -0.3 is 15.4 Å². The first kappa shape index (κ1) is 18.7. The number of piperidine rings is 1. The molecule has 2 N–H and O–H groups in total. The van der Waals surface area contributed by atoms with Gasteiger partial charge in [-0.1, -0.05) is 19.8 Å². The highest BCUT2D eigenvalue weighted by atomic mass is 16.5. The van der Waals surface area contributed by atoms with Crippen molar-refractivity contribution in [2.24, 2.45) is 17.3 Å². The minimum atomic E-state index is 0.241. The molecule has 0 spiro atoms. The van der Waals surface area contributed by atoms with E-state index in [9.17, 15) is 4.79 Å². The van der Waals surface area contributed by atoms with Crippen LogP contribution in [0.4, 0.5) is 0 Å². The van der Waals surface area contributed by atoms with E-state index in [0.29, 0.717) is 23.7 Å². The van der Waals surface area contributed by atoms with Gasteiger partial charge in [0.25, 0.3) is 0 Å². The predicted octanol–water partition coefficient (Wildman–Crippen LogP) is 3.12. The van der Waals surface area contributed by atoms with Gasteiger partial charge >= 0.3 is 0 Å². The van der Waals surface area contributed by atoms with Crippen LogP contribution in [0.1, 0.15) is 65.2 Å². The third kappa shape index (κ3) is 6.07. The average molecular weight is 325 g/mol. The molecule has 2 rings (SSSR count). The molecule has 1 saturated carbocycles. The van der Waals surface area contributed by atoms with Crippen molar-refractivity contribution in [3.63, 3.8) is 0 Å². The summed E-state index contributed by atoms with van der Waals surface area (Å²) in [7, 11) is 0. The van der Waals surface area contributed by atoms with Crippen LogP contribution in [0, 0.1) is 17.3 Å². The number of carbonyl (C=O) groups excluding carboxylic acids is 1. The van der Waals surface area contributed by atoms with Gasteiger partial charge in [-0.05, 0) is 69.4 Å². The molecule has 134 valence electrons. The van der Waals surface area contributed by atoms with Crippen molar-refractivity contribution in [1.82, 2.24) is 10.6 Å². The van der Waals surface area contributed by atoms with Gasteiger partial charge in [0.05, 0.1) is 0 Å². The highest BCUT2D eigenvalue weighted by Gasteiger charge is 2.34. The van der Waals surface area contributed by atoms with Gasteiger partial charge in [0.1, 0.15) is 0 Å². The molecular weight excluding hydrogens is 288 g/mol. The summed E-state index contributed by atoms with van der Waals surface area (Å²) in [6.07, 6.45) is 9.34. The largest absolute Gasteiger partial charge is 0.382 e. The zero-order chi connectivity index (χ0) is 16.5. The van der Waals surface area contributed by atoms with Crippen LogP contribution in [0.2, 0.25) is 0 Å². The second kappa shape index (κ2) is 9.63. The molecule has 0 bridgehead atoms. The lowest BCUT2D eigenvalue weighted by Crippen LogP contribution is -2.39. The Morgan fingerprint density at radius 1 is 1.35 bits per heavy atom. The Balaban J connectivity index is 1.72. The standard InChI is InChI=1S/C19H36N2O2/c1-3-23-12-10-19(8-4-5-9-19)15-21-18(22)13-16(2)17-7-6-11-20-14-17/h16-17,20H,3-15H2,1-2H3,(H,21,22). The predicted molar refractivity (Wildman–Crippen MR) is 94.4 cm³/mol. The van der Waals surface area contributed by atoms with Crippen LogP contribution in [0.25, 0.3) is 0 Å². The summed E-state index contributed by atoms with van der Waals surface area (Å²) in [5.74, 6) is 1.38. The molecule has 1 amide bonds. The number of amides is 1. The normalized spacial score (nSPS) is 25.2. The summed E-state index contributed by atoms with van der Waals surface area (Å²) >= 11 is 0. The van der Waals surface area contributed by atoms with E-state index in [4.69, 9.17) is 4.74 Å². The van der Waals surface area contributed by atoms with Crippen LogP contribution in [0.3, 0.4) is 0 Å². The molecule has 2 unspecified atom stereocenters. The van der Waals surface area contributed by atoms with Crippen molar-refractivity contribution in [3.05, 3.63) is 0 Å². The van der Waals surface area contributed by atoms with Gasteiger partial charge in [-0.3, -0.25) is 4.79 Å². The first-order chi connectivity index (χ1) is 11.2. The molecule has 1 heterocycles. The fourth-order valence-electron chi connectivity index (χ4n) is 4.26. The second-order valence-corrected chi connectivity index (χ2v) is 7.72.